The van der Waals surface area contributed by atoms with Gasteiger partial charge in [0.1, 0.15) is 0 Å². The van der Waals surface area contributed by atoms with Gasteiger partial charge in [-0.2, -0.15) is 0 Å². The van der Waals surface area contributed by atoms with Gasteiger partial charge in [-0.15, -0.1) is 0 Å². The fraction of sp³-hybridized carbons (Fsp3) is 0.333. The fourth-order valence-corrected chi connectivity index (χ4v) is 2.10. The first kappa shape index (κ1) is 13.5. The summed E-state index contributed by atoms with van der Waals surface area (Å²) in [5.41, 5.74) is 7.55. The highest BCUT2D eigenvalue weighted by molar-refractivity contribution is 5.79. The number of hydrogen-bond donors (Lipinski definition) is 2. The number of benzene rings is 1. The molecule has 19 heavy (non-hydrogen) atoms. The van der Waals surface area contributed by atoms with E-state index in [4.69, 9.17) is 11.1 Å². The van der Waals surface area contributed by atoms with Crippen LogP contribution in [0, 0.1) is 11.3 Å². The third-order valence-electron chi connectivity index (χ3n) is 3.20. The van der Waals surface area contributed by atoms with Crippen LogP contribution in [0.2, 0.25) is 0 Å². The number of para-hydroxylation sites is 1. The second-order valence-corrected chi connectivity index (χ2v) is 5.05. The molecule has 1 atom stereocenters. The Hall–Kier alpha value is -1.94. The van der Waals surface area contributed by atoms with E-state index in [2.05, 4.69) is 28.1 Å². The van der Waals surface area contributed by atoms with E-state index < -0.39 is 0 Å². The van der Waals surface area contributed by atoms with Crippen LogP contribution >= 0.6 is 0 Å². The largest absolute Gasteiger partial charge is 0.387 e. The quantitative estimate of drug-likeness (QED) is 0.637. The molecule has 1 unspecified atom stereocenters. The summed E-state index contributed by atoms with van der Waals surface area (Å²) in [6.45, 7) is 3.50. The lowest BCUT2D eigenvalue weighted by Crippen LogP contribution is -2.31. The van der Waals surface area contributed by atoms with Gasteiger partial charge >= 0.3 is 0 Å². The lowest BCUT2D eigenvalue weighted by atomic mass is 10.1. The molecule has 0 amide bonds. The van der Waals surface area contributed by atoms with Crippen molar-refractivity contribution in [1.29, 1.82) is 5.41 Å². The zero-order chi connectivity index (χ0) is 13.8. The Morgan fingerprint density at radius 3 is 2.79 bits per heavy atom. The van der Waals surface area contributed by atoms with Gasteiger partial charge in [-0.1, -0.05) is 31.2 Å². The zero-order valence-corrected chi connectivity index (χ0v) is 11.4. The van der Waals surface area contributed by atoms with Crippen LogP contribution < -0.4 is 5.73 Å². The maximum Gasteiger partial charge on any atom is 0.0947 e. The topological polar surface area (TPSA) is 66.0 Å². The fourth-order valence-electron chi connectivity index (χ4n) is 2.10. The maximum absolute atomic E-state index is 7.42. The van der Waals surface area contributed by atoms with Crippen LogP contribution in [0.1, 0.15) is 12.6 Å². The first-order valence-electron chi connectivity index (χ1n) is 6.43. The van der Waals surface area contributed by atoms with Gasteiger partial charge in [0.05, 0.1) is 17.0 Å². The predicted octanol–water partition coefficient (Wildman–Crippen LogP) is 2.24. The molecule has 4 nitrogen and oxygen atoms in total. The molecule has 4 heteroatoms. The number of amidine groups is 1. The lowest BCUT2D eigenvalue weighted by molar-refractivity contribution is 0.303. The molecule has 0 aliphatic rings. The van der Waals surface area contributed by atoms with Crippen molar-refractivity contribution in [3.05, 3.63) is 42.1 Å². The van der Waals surface area contributed by atoms with Crippen LogP contribution in [-0.2, 0) is 6.54 Å². The van der Waals surface area contributed by atoms with Crippen LogP contribution in [0.15, 0.2) is 36.4 Å². The van der Waals surface area contributed by atoms with Crippen molar-refractivity contribution in [1.82, 2.24) is 9.88 Å². The highest BCUT2D eigenvalue weighted by Gasteiger charge is 2.10. The highest BCUT2D eigenvalue weighted by atomic mass is 15.1. The van der Waals surface area contributed by atoms with Crippen LogP contribution in [0.5, 0.6) is 0 Å². The first-order valence-corrected chi connectivity index (χ1v) is 6.43. The monoisotopic (exact) mass is 256 g/mol. The molecule has 2 aromatic rings. The minimum Gasteiger partial charge on any atom is -0.387 e. The molecule has 0 aliphatic carbocycles. The van der Waals surface area contributed by atoms with E-state index in [-0.39, 0.29) is 11.8 Å². The summed E-state index contributed by atoms with van der Waals surface area (Å²) >= 11 is 0. The molecule has 0 radical (unpaired) electrons. The van der Waals surface area contributed by atoms with Crippen molar-refractivity contribution in [3.63, 3.8) is 0 Å². The average molecular weight is 256 g/mol. The summed E-state index contributed by atoms with van der Waals surface area (Å²) < 4.78 is 0. The molecular formula is C15H20N4. The molecule has 100 valence electrons. The summed E-state index contributed by atoms with van der Waals surface area (Å²) in [7, 11) is 2.02. The Kier molecular flexibility index (Phi) is 4.12. The molecule has 1 aromatic heterocycles. The van der Waals surface area contributed by atoms with E-state index in [9.17, 15) is 0 Å². The van der Waals surface area contributed by atoms with Crippen molar-refractivity contribution in [2.45, 2.75) is 13.5 Å². The summed E-state index contributed by atoms with van der Waals surface area (Å²) in [4.78, 5) is 6.78. The normalized spacial score (nSPS) is 12.8. The number of nitrogens with two attached hydrogens (primary N) is 1. The van der Waals surface area contributed by atoms with Crippen LogP contribution in [0.25, 0.3) is 10.9 Å². The summed E-state index contributed by atoms with van der Waals surface area (Å²) in [5.74, 6) is 0.309. The van der Waals surface area contributed by atoms with Gasteiger partial charge in [0.15, 0.2) is 0 Å². The van der Waals surface area contributed by atoms with E-state index in [0.717, 1.165) is 29.7 Å². The Bertz CT molecular complexity index is 579. The summed E-state index contributed by atoms with van der Waals surface area (Å²) in [6.07, 6.45) is 0. The first-order chi connectivity index (χ1) is 9.06. The van der Waals surface area contributed by atoms with Gasteiger partial charge in [0.25, 0.3) is 0 Å². The van der Waals surface area contributed by atoms with Crippen LogP contribution in [0.4, 0.5) is 0 Å². The smallest absolute Gasteiger partial charge is 0.0947 e. The van der Waals surface area contributed by atoms with Gasteiger partial charge in [-0.3, -0.25) is 15.3 Å². The molecule has 0 saturated carbocycles. The number of hydrogen-bond acceptors (Lipinski definition) is 3. The minimum absolute atomic E-state index is 0.0745. The summed E-state index contributed by atoms with van der Waals surface area (Å²) in [6, 6.07) is 12.3. The SMILES string of the molecule is CC(CN(C)Cc1ccc2ccccc2n1)C(=N)N. The minimum atomic E-state index is 0.0745. The molecule has 0 bridgehead atoms. The van der Waals surface area contributed by atoms with Gasteiger partial charge in [0, 0.05) is 24.4 Å². The predicted molar refractivity (Wildman–Crippen MR) is 79.2 cm³/mol. The second-order valence-electron chi connectivity index (χ2n) is 5.05. The molecule has 3 N–H and O–H groups in total. The molecule has 0 fully saturated rings. The Labute approximate surface area is 113 Å². The van der Waals surface area contributed by atoms with Gasteiger partial charge in [-0.05, 0) is 19.2 Å². The Morgan fingerprint density at radius 2 is 2.05 bits per heavy atom. The van der Waals surface area contributed by atoms with Gasteiger partial charge in [-0.25, -0.2) is 0 Å². The van der Waals surface area contributed by atoms with Crippen molar-refractivity contribution < 1.29 is 0 Å². The molecule has 0 aliphatic heterocycles. The van der Waals surface area contributed by atoms with Crippen LogP contribution in [0.3, 0.4) is 0 Å². The van der Waals surface area contributed by atoms with E-state index in [0.29, 0.717) is 0 Å². The molecule has 2 rings (SSSR count). The molecule has 1 heterocycles. The standard InChI is InChI=1S/C15H20N4/c1-11(15(16)17)9-19(2)10-13-8-7-12-5-3-4-6-14(12)18-13/h3-8,11H,9-10H2,1-2H3,(H3,16,17). The molecule has 1 aromatic carbocycles. The molecule has 0 spiro atoms. The number of nitrogens with one attached hydrogen (secondary N) is 1. The lowest BCUT2D eigenvalue weighted by Gasteiger charge is -2.20. The molecule has 0 saturated heterocycles. The van der Waals surface area contributed by atoms with Crippen LogP contribution in [-0.4, -0.2) is 29.3 Å². The Morgan fingerprint density at radius 1 is 1.32 bits per heavy atom. The van der Waals surface area contributed by atoms with E-state index in [1.807, 2.05) is 32.2 Å². The number of rotatable bonds is 5. The number of nitrogens with zero attached hydrogens (tertiary/aromatic N) is 2. The third kappa shape index (κ3) is 3.51. The number of pyridine rings is 1. The number of aromatic nitrogens is 1. The van der Waals surface area contributed by atoms with E-state index in [1.54, 1.807) is 0 Å². The second kappa shape index (κ2) is 5.80. The third-order valence-corrected chi connectivity index (χ3v) is 3.20. The summed E-state index contributed by atoms with van der Waals surface area (Å²) in [5, 5.41) is 8.58. The van der Waals surface area contributed by atoms with Crippen molar-refractivity contribution in [2.75, 3.05) is 13.6 Å². The Balaban J connectivity index is 2.06. The average Bonchev–Trinajstić information content (AvgIpc) is 2.38. The maximum atomic E-state index is 7.42. The van der Waals surface area contributed by atoms with Gasteiger partial charge in [0.2, 0.25) is 0 Å². The van der Waals surface area contributed by atoms with Crippen molar-refractivity contribution in [3.8, 4) is 0 Å². The van der Waals surface area contributed by atoms with Crippen molar-refractivity contribution in [2.24, 2.45) is 11.7 Å². The van der Waals surface area contributed by atoms with E-state index >= 15 is 0 Å². The number of fused-ring (bicyclic) bond motifs is 1. The van der Waals surface area contributed by atoms with Gasteiger partial charge < -0.3 is 5.73 Å². The molecular weight excluding hydrogens is 236 g/mol. The zero-order valence-electron chi connectivity index (χ0n) is 11.4. The highest BCUT2D eigenvalue weighted by Crippen LogP contribution is 2.13. The van der Waals surface area contributed by atoms with Crippen molar-refractivity contribution >= 4 is 16.7 Å². The van der Waals surface area contributed by atoms with E-state index in [1.165, 1.54) is 0 Å².